The third-order valence-corrected chi connectivity index (χ3v) is 4.06. The van der Waals surface area contributed by atoms with Crippen LogP contribution in [-0.4, -0.2) is 41.5 Å². The molecule has 5 nitrogen and oxygen atoms in total. The minimum atomic E-state index is -0.468. The van der Waals surface area contributed by atoms with Crippen LogP contribution in [-0.2, 0) is 9.53 Å². The predicted octanol–water partition coefficient (Wildman–Crippen LogP) is 2.34. The van der Waals surface area contributed by atoms with E-state index in [9.17, 15) is 9.59 Å². The van der Waals surface area contributed by atoms with E-state index in [1.54, 1.807) is 11.1 Å². The van der Waals surface area contributed by atoms with Gasteiger partial charge in [0, 0.05) is 23.6 Å². The fourth-order valence-corrected chi connectivity index (χ4v) is 2.96. The van der Waals surface area contributed by atoms with Crippen LogP contribution in [0.1, 0.15) is 29.6 Å². The molecule has 0 bridgehead atoms. The van der Waals surface area contributed by atoms with Gasteiger partial charge in [0.25, 0.3) is 5.91 Å². The van der Waals surface area contributed by atoms with E-state index in [0.29, 0.717) is 18.5 Å². The van der Waals surface area contributed by atoms with Crippen LogP contribution in [0, 0.1) is 0 Å². The number of para-hydroxylation sites is 1. The van der Waals surface area contributed by atoms with Gasteiger partial charge in [-0.25, -0.2) is 4.79 Å². The maximum atomic E-state index is 12.8. The van der Waals surface area contributed by atoms with Gasteiger partial charge in [-0.1, -0.05) is 18.2 Å². The van der Waals surface area contributed by atoms with Crippen molar-refractivity contribution in [2.45, 2.75) is 25.3 Å². The first kappa shape index (κ1) is 13.7. The Labute approximate surface area is 122 Å². The van der Waals surface area contributed by atoms with Gasteiger partial charge in [0.05, 0.1) is 12.7 Å². The Morgan fingerprint density at radius 3 is 2.90 bits per heavy atom. The molecule has 110 valence electrons. The molecule has 3 rings (SSSR count). The van der Waals surface area contributed by atoms with Crippen molar-refractivity contribution in [3.8, 4) is 0 Å². The number of aromatic nitrogens is 1. The first-order valence-electron chi connectivity index (χ1n) is 7.17. The number of benzene rings is 1. The van der Waals surface area contributed by atoms with E-state index < -0.39 is 6.04 Å². The first-order chi connectivity index (χ1) is 10.2. The van der Waals surface area contributed by atoms with Gasteiger partial charge >= 0.3 is 5.97 Å². The highest BCUT2D eigenvalue weighted by Gasteiger charge is 2.34. The molecule has 1 aliphatic rings. The second-order valence-corrected chi connectivity index (χ2v) is 5.28. The number of rotatable bonds is 2. The van der Waals surface area contributed by atoms with Gasteiger partial charge in [-0.05, 0) is 25.3 Å². The number of aromatic amines is 1. The molecule has 0 aliphatic carbocycles. The van der Waals surface area contributed by atoms with Gasteiger partial charge in [-0.2, -0.15) is 0 Å². The van der Waals surface area contributed by atoms with Crippen molar-refractivity contribution >= 4 is 22.8 Å². The molecule has 21 heavy (non-hydrogen) atoms. The molecular formula is C16H18N2O3. The lowest BCUT2D eigenvalue weighted by molar-refractivity contribution is -0.147. The molecule has 1 aromatic heterocycles. The number of fused-ring (bicyclic) bond motifs is 1. The molecule has 5 heteroatoms. The molecule has 1 aliphatic heterocycles. The number of nitrogens with zero attached hydrogens (tertiary/aromatic N) is 1. The summed E-state index contributed by atoms with van der Waals surface area (Å²) in [5.74, 6) is -0.439. The van der Waals surface area contributed by atoms with Crippen molar-refractivity contribution in [2.24, 2.45) is 0 Å². The molecule has 1 aromatic carbocycles. The maximum absolute atomic E-state index is 12.8. The molecule has 1 amide bonds. The summed E-state index contributed by atoms with van der Waals surface area (Å²) in [4.78, 5) is 29.4. The topological polar surface area (TPSA) is 62.4 Å². The van der Waals surface area contributed by atoms with Gasteiger partial charge in [0.15, 0.2) is 0 Å². The molecule has 0 saturated carbocycles. The van der Waals surface area contributed by atoms with E-state index in [4.69, 9.17) is 4.74 Å². The van der Waals surface area contributed by atoms with E-state index >= 15 is 0 Å². The number of ether oxygens (including phenoxy) is 1. The zero-order chi connectivity index (χ0) is 14.8. The van der Waals surface area contributed by atoms with Crippen molar-refractivity contribution < 1.29 is 14.3 Å². The number of carbonyl (C=O) groups is 2. The number of H-pyrrole nitrogens is 1. The molecule has 0 radical (unpaired) electrons. The number of amides is 1. The Balaban J connectivity index is 1.94. The Morgan fingerprint density at radius 1 is 1.29 bits per heavy atom. The highest BCUT2D eigenvalue weighted by molar-refractivity contribution is 6.07. The molecule has 2 aromatic rings. The summed E-state index contributed by atoms with van der Waals surface area (Å²) in [6.45, 7) is 0.595. The van der Waals surface area contributed by atoms with Crippen LogP contribution in [0.15, 0.2) is 30.5 Å². The number of esters is 1. The smallest absolute Gasteiger partial charge is 0.328 e. The van der Waals surface area contributed by atoms with E-state index in [1.807, 2.05) is 24.3 Å². The van der Waals surface area contributed by atoms with Crippen LogP contribution in [0.4, 0.5) is 0 Å². The van der Waals surface area contributed by atoms with Crippen molar-refractivity contribution in [2.75, 3.05) is 13.7 Å². The summed E-state index contributed by atoms with van der Waals surface area (Å²) in [5.41, 5.74) is 1.54. The molecule has 2 heterocycles. The predicted molar refractivity (Wildman–Crippen MR) is 79.0 cm³/mol. The second kappa shape index (κ2) is 5.60. The number of carbonyl (C=O) groups excluding carboxylic acids is 2. The first-order valence-corrected chi connectivity index (χ1v) is 7.17. The summed E-state index contributed by atoms with van der Waals surface area (Å²) < 4.78 is 4.83. The molecule has 0 spiro atoms. The minimum Gasteiger partial charge on any atom is -0.467 e. The standard InChI is InChI=1S/C16H18N2O3/c1-21-16(20)14-8-4-5-9-18(14)15(19)12-10-17-13-7-3-2-6-11(12)13/h2-3,6-7,10,14,17H,4-5,8-9H2,1H3. The third kappa shape index (κ3) is 2.39. The number of hydrogen-bond donors (Lipinski definition) is 1. The zero-order valence-corrected chi connectivity index (χ0v) is 12.0. The van der Waals surface area contributed by atoms with Crippen LogP contribution < -0.4 is 0 Å². The number of methoxy groups -OCH3 is 1. The summed E-state index contributed by atoms with van der Waals surface area (Å²) in [7, 11) is 1.37. The van der Waals surface area contributed by atoms with E-state index in [-0.39, 0.29) is 11.9 Å². The number of likely N-dealkylation sites (tertiary alicyclic amines) is 1. The van der Waals surface area contributed by atoms with E-state index in [0.717, 1.165) is 23.7 Å². The fraction of sp³-hybridized carbons (Fsp3) is 0.375. The van der Waals surface area contributed by atoms with Crippen LogP contribution in [0.2, 0.25) is 0 Å². The average Bonchev–Trinajstić information content (AvgIpc) is 2.97. The summed E-state index contributed by atoms with van der Waals surface area (Å²) in [6, 6.07) is 7.20. The number of nitrogens with one attached hydrogen (secondary N) is 1. The summed E-state index contributed by atoms with van der Waals surface area (Å²) in [6.07, 6.45) is 4.25. The van der Waals surface area contributed by atoms with E-state index in [2.05, 4.69) is 4.98 Å². The van der Waals surface area contributed by atoms with Crippen molar-refractivity contribution in [3.05, 3.63) is 36.0 Å². The normalized spacial score (nSPS) is 18.7. The lowest BCUT2D eigenvalue weighted by Gasteiger charge is -2.33. The lowest BCUT2D eigenvalue weighted by atomic mass is 10.0. The third-order valence-electron chi connectivity index (χ3n) is 4.06. The van der Waals surface area contributed by atoms with Gasteiger partial charge in [-0.3, -0.25) is 4.79 Å². The Kier molecular flexibility index (Phi) is 3.64. The summed E-state index contributed by atoms with van der Waals surface area (Å²) in [5, 5.41) is 0.886. The highest BCUT2D eigenvalue weighted by Crippen LogP contribution is 2.24. The molecular weight excluding hydrogens is 268 g/mol. The average molecular weight is 286 g/mol. The minimum absolute atomic E-state index is 0.109. The Bertz CT molecular complexity index is 677. The van der Waals surface area contributed by atoms with Gasteiger partial charge < -0.3 is 14.6 Å². The molecule has 1 unspecified atom stereocenters. The van der Waals surface area contributed by atoms with Crippen molar-refractivity contribution in [1.29, 1.82) is 0 Å². The van der Waals surface area contributed by atoms with Gasteiger partial charge in [0.2, 0.25) is 0 Å². The van der Waals surface area contributed by atoms with Gasteiger partial charge in [0.1, 0.15) is 6.04 Å². The Morgan fingerprint density at radius 2 is 2.10 bits per heavy atom. The van der Waals surface area contributed by atoms with Crippen molar-refractivity contribution in [1.82, 2.24) is 9.88 Å². The van der Waals surface area contributed by atoms with Crippen molar-refractivity contribution in [3.63, 3.8) is 0 Å². The molecule has 1 fully saturated rings. The molecule has 1 N–H and O–H groups in total. The quantitative estimate of drug-likeness (QED) is 0.862. The van der Waals surface area contributed by atoms with Crippen LogP contribution in [0.5, 0.6) is 0 Å². The monoisotopic (exact) mass is 286 g/mol. The number of piperidine rings is 1. The van der Waals surface area contributed by atoms with Crippen LogP contribution >= 0.6 is 0 Å². The lowest BCUT2D eigenvalue weighted by Crippen LogP contribution is -2.48. The van der Waals surface area contributed by atoms with Gasteiger partial charge in [-0.15, -0.1) is 0 Å². The molecule has 1 atom stereocenters. The van der Waals surface area contributed by atoms with E-state index in [1.165, 1.54) is 7.11 Å². The molecule has 1 saturated heterocycles. The SMILES string of the molecule is COC(=O)C1CCCCN1C(=O)c1c[nH]c2ccccc12. The second-order valence-electron chi connectivity index (χ2n) is 5.28. The maximum Gasteiger partial charge on any atom is 0.328 e. The zero-order valence-electron chi connectivity index (χ0n) is 12.0. The largest absolute Gasteiger partial charge is 0.467 e. The highest BCUT2D eigenvalue weighted by atomic mass is 16.5. The number of hydrogen-bond acceptors (Lipinski definition) is 3. The fourth-order valence-electron chi connectivity index (χ4n) is 2.96. The summed E-state index contributed by atoms with van der Waals surface area (Å²) >= 11 is 0. The van der Waals surface area contributed by atoms with Crippen LogP contribution in [0.3, 0.4) is 0 Å². The van der Waals surface area contributed by atoms with Crippen LogP contribution in [0.25, 0.3) is 10.9 Å². The Hall–Kier alpha value is -2.30.